The number of nitrogens with two attached hydrogens (primary N) is 2. The van der Waals surface area contributed by atoms with Gasteiger partial charge in [-0.2, -0.15) is 0 Å². The van der Waals surface area contributed by atoms with Crippen molar-refractivity contribution in [2.75, 3.05) is 5.73 Å². The van der Waals surface area contributed by atoms with E-state index in [1.165, 1.54) is 5.56 Å². The van der Waals surface area contributed by atoms with Gasteiger partial charge in [0, 0.05) is 12.2 Å². The first-order chi connectivity index (χ1) is 8.25. The Labute approximate surface area is 101 Å². The van der Waals surface area contributed by atoms with Gasteiger partial charge < -0.3 is 11.5 Å². The maximum atomic E-state index is 6.05. The highest BCUT2D eigenvalue weighted by molar-refractivity contribution is 5.41. The normalized spacial score (nSPS) is 12.3. The summed E-state index contributed by atoms with van der Waals surface area (Å²) in [6.45, 7) is 0.747. The van der Waals surface area contributed by atoms with Gasteiger partial charge in [-0.15, -0.1) is 0 Å². The van der Waals surface area contributed by atoms with Crippen LogP contribution < -0.4 is 16.8 Å². The van der Waals surface area contributed by atoms with Crippen LogP contribution in [0, 0.1) is 0 Å². The van der Waals surface area contributed by atoms with E-state index in [9.17, 15) is 0 Å². The first-order valence-electron chi connectivity index (χ1n) is 5.64. The Hall–Kier alpha value is -1.84. The number of anilines is 1. The van der Waals surface area contributed by atoms with Crippen molar-refractivity contribution in [3.63, 3.8) is 0 Å². The molecule has 5 N–H and O–H groups in total. The second kappa shape index (κ2) is 5.48. The minimum atomic E-state index is -0.196. The molecular formula is C14H17N3. The lowest BCUT2D eigenvalue weighted by molar-refractivity contribution is 0.552. The molecule has 1 unspecified atom stereocenters. The Bertz CT molecular complexity index is 468. The van der Waals surface area contributed by atoms with E-state index in [-0.39, 0.29) is 6.17 Å². The lowest BCUT2D eigenvalue weighted by Crippen LogP contribution is -2.28. The van der Waals surface area contributed by atoms with Crippen molar-refractivity contribution in [3.8, 4) is 0 Å². The molecule has 3 heteroatoms. The Balaban J connectivity index is 1.96. The maximum absolute atomic E-state index is 6.05. The van der Waals surface area contributed by atoms with Gasteiger partial charge in [0.2, 0.25) is 0 Å². The summed E-state index contributed by atoms with van der Waals surface area (Å²) in [4.78, 5) is 0. The molecular weight excluding hydrogens is 210 g/mol. The first kappa shape index (κ1) is 11.6. The van der Waals surface area contributed by atoms with Gasteiger partial charge in [-0.05, 0) is 23.3 Å². The maximum Gasteiger partial charge on any atom is 0.0813 e. The van der Waals surface area contributed by atoms with Crippen molar-refractivity contribution < 1.29 is 0 Å². The molecule has 0 bridgehead atoms. The third-order valence-corrected chi connectivity index (χ3v) is 2.64. The van der Waals surface area contributed by atoms with Crippen molar-refractivity contribution in [3.05, 3.63) is 65.7 Å². The molecule has 0 spiro atoms. The predicted octanol–water partition coefficient (Wildman–Crippen LogP) is 2.02. The lowest BCUT2D eigenvalue weighted by atomic mass is 10.1. The summed E-state index contributed by atoms with van der Waals surface area (Å²) in [5, 5.41) is 3.26. The molecule has 1 atom stereocenters. The third-order valence-electron chi connectivity index (χ3n) is 2.64. The molecule has 0 aromatic heterocycles. The zero-order chi connectivity index (χ0) is 12.1. The molecule has 0 heterocycles. The fourth-order valence-electron chi connectivity index (χ4n) is 1.69. The van der Waals surface area contributed by atoms with Crippen molar-refractivity contribution in [2.45, 2.75) is 12.7 Å². The van der Waals surface area contributed by atoms with Crippen molar-refractivity contribution >= 4 is 5.69 Å². The van der Waals surface area contributed by atoms with E-state index >= 15 is 0 Å². The van der Waals surface area contributed by atoms with E-state index in [2.05, 4.69) is 17.4 Å². The van der Waals surface area contributed by atoms with Crippen LogP contribution in [0.2, 0.25) is 0 Å². The molecule has 0 amide bonds. The Morgan fingerprint density at radius 2 is 1.76 bits per heavy atom. The van der Waals surface area contributed by atoms with Gasteiger partial charge in [-0.1, -0.05) is 42.5 Å². The SMILES string of the molecule is Nc1cccc(C(N)NCc2ccccc2)c1. The highest BCUT2D eigenvalue weighted by Gasteiger charge is 2.04. The molecule has 0 radical (unpaired) electrons. The smallest absolute Gasteiger partial charge is 0.0813 e. The number of benzene rings is 2. The molecule has 3 nitrogen and oxygen atoms in total. The average Bonchev–Trinajstić information content (AvgIpc) is 2.37. The van der Waals surface area contributed by atoms with Gasteiger partial charge in [-0.3, -0.25) is 5.32 Å². The second-order valence-electron chi connectivity index (χ2n) is 4.01. The Kier molecular flexibility index (Phi) is 3.75. The Morgan fingerprint density at radius 3 is 2.47 bits per heavy atom. The molecule has 0 aliphatic heterocycles. The minimum absolute atomic E-state index is 0.196. The number of rotatable bonds is 4. The van der Waals surface area contributed by atoms with Gasteiger partial charge in [0.05, 0.1) is 6.17 Å². The standard InChI is InChI=1S/C14H17N3/c15-13-8-4-7-12(9-13)14(16)17-10-11-5-2-1-3-6-11/h1-9,14,17H,10,15-16H2. The lowest BCUT2D eigenvalue weighted by Gasteiger charge is -2.14. The first-order valence-corrected chi connectivity index (χ1v) is 5.64. The quantitative estimate of drug-likeness (QED) is 0.553. The third kappa shape index (κ3) is 3.31. The topological polar surface area (TPSA) is 64.1 Å². The fourth-order valence-corrected chi connectivity index (χ4v) is 1.69. The van der Waals surface area contributed by atoms with Crippen LogP contribution in [0.15, 0.2) is 54.6 Å². The van der Waals surface area contributed by atoms with Gasteiger partial charge in [0.15, 0.2) is 0 Å². The van der Waals surface area contributed by atoms with E-state index in [4.69, 9.17) is 11.5 Å². The molecule has 0 aliphatic rings. The highest BCUT2D eigenvalue weighted by Crippen LogP contribution is 2.12. The van der Waals surface area contributed by atoms with Crippen LogP contribution in [0.4, 0.5) is 5.69 Å². The zero-order valence-corrected chi connectivity index (χ0v) is 9.64. The largest absolute Gasteiger partial charge is 0.399 e. The second-order valence-corrected chi connectivity index (χ2v) is 4.01. The number of hydrogen-bond donors (Lipinski definition) is 3. The zero-order valence-electron chi connectivity index (χ0n) is 9.64. The molecule has 0 fully saturated rings. The van der Waals surface area contributed by atoms with Gasteiger partial charge in [0.25, 0.3) is 0 Å². The molecule has 2 rings (SSSR count). The molecule has 0 saturated carbocycles. The molecule has 88 valence electrons. The fraction of sp³-hybridized carbons (Fsp3) is 0.143. The summed E-state index contributed by atoms with van der Waals surface area (Å²) in [5.41, 5.74) is 14.7. The van der Waals surface area contributed by atoms with Crippen LogP contribution in [-0.2, 0) is 6.54 Å². The van der Waals surface area contributed by atoms with Gasteiger partial charge >= 0.3 is 0 Å². The van der Waals surface area contributed by atoms with Crippen LogP contribution >= 0.6 is 0 Å². The van der Waals surface area contributed by atoms with Crippen LogP contribution in [0.5, 0.6) is 0 Å². The van der Waals surface area contributed by atoms with Crippen LogP contribution in [0.25, 0.3) is 0 Å². The summed E-state index contributed by atoms with van der Waals surface area (Å²) in [7, 11) is 0. The van der Waals surface area contributed by atoms with E-state index in [1.54, 1.807) is 0 Å². The summed E-state index contributed by atoms with van der Waals surface area (Å²) < 4.78 is 0. The van der Waals surface area contributed by atoms with Crippen molar-refractivity contribution in [1.29, 1.82) is 0 Å². The summed E-state index contributed by atoms with van der Waals surface area (Å²) in [6.07, 6.45) is -0.196. The Morgan fingerprint density at radius 1 is 1.00 bits per heavy atom. The summed E-state index contributed by atoms with van der Waals surface area (Å²) >= 11 is 0. The molecule has 17 heavy (non-hydrogen) atoms. The monoisotopic (exact) mass is 227 g/mol. The van der Waals surface area contributed by atoms with Crippen molar-refractivity contribution in [1.82, 2.24) is 5.32 Å². The van der Waals surface area contributed by atoms with Crippen LogP contribution in [0.1, 0.15) is 17.3 Å². The van der Waals surface area contributed by atoms with Crippen molar-refractivity contribution in [2.24, 2.45) is 5.73 Å². The van der Waals surface area contributed by atoms with E-state index < -0.39 is 0 Å². The highest BCUT2D eigenvalue weighted by atomic mass is 15.0. The van der Waals surface area contributed by atoms with E-state index in [0.29, 0.717) is 0 Å². The van der Waals surface area contributed by atoms with E-state index in [0.717, 1.165) is 17.8 Å². The summed E-state index contributed by atoms with van der Waals surface area (Å²) in [5.74, 6) is 0. The van der Waals surface area contributed by atoms with E-state index in [1.807, 2.05) is 42.5 Å². The van der Waals surface area contributed by atoms with Gasteiger partial charge in [0.1, 0.15) is 0 Å². The molecule has 0 aliphatic carbocycles. The minimum Gasteiger partial charge on any atom is -0.399 e. The number of nitrogens with one attached hydrogen (secondary N) is 1. The van der Waals surface area contributed by atoms with Crippen LogP contribution in [-0.4, -0.2) is 0 Å². The summed E-state index contributed by atoms with van der Waals surface area (Å²) in [6, 6.07) is 17.8. The van der Waals surface area contributed by atoms with Crippen LogP contribution in [0.3, 0.4) is 0 Å². The molecule has 2 aromatic carbocycles. The molecule has 2 aromatic rings. The van der Waals surface area contributed by atoms with Gasteiger partial charge in [-0.25, -0.2) is 0 Å². The predicted molar refractivity (Wildman–Crippen MR) is 71.1 cm³/mol. The average molecular weight is 227 g/mol. The molecule has 0 saturated heterocycles. The number of hydrogen-bond acceptors (Lipinski definition) is 3. The number of nitrogen functional groups attached to an aromatic ring is 1.